The Hall–Kier alpha value is -1.67. The highest BCUT2D eigenvalue weighted by Crippen LogP contribution is 2.68. The van der Waals surface area contributed by atoms with Gasteiger partial charge in [0.2, 0.25) is 0 Å². The summed E-state index contributed by atoms with van der Waals surface area (Å²) in [5.74, 6) is 3.23. The maximum absolute atomic E-state index is 13.3. The first-order valence-electron chi connectivity index (χ1n) is 12.3. The third-order valence-electron chi connectivity index (χ3n) is 10.4. The summed E-state index contributed by atoms with van der Waals surface area (Å²) in [5, 5.41) is 19.7. The van der Waals surface area contributed by atoms with Gasteiger partial charge in [0.15, 0.2) is 11.5 Å². The summed E-state index contributed by atoms with van der Waals surface area (Å²) < 4.78 is 1.78. The molecule has 5 nitrogen and oxygen atoms in total. The molecule has 0 saturated heterocycles. The van der Waals surface area contributed by atoms with Gasteiger partial charge in [0, 0.05) is 12.1 Å². The van der Waals surface area contributed by atoms with Crippen molar-refractivity contribution in [2.45, 2.75) is 90.7 Å². The molecule has 4 aliphatic rings. The van der Waals surface area contributed by atoms with E-state index >= 15 is 0 Å². The van der Waals surface area contributed by atoms with E-state index in [9.17, 15) is 9.90 Å². The summed E-state index contributed by atoms with van der Waals surface area (Å²) >= 11 is 0. The van der Waals surface area contributed by atoms with Gasteiger partial charge in [0.05, 0.1) is 18.5 Å². The van der Waals surface area contributed by atoms with E-state index in [-0.39, 0.29) is 11.3 Å². The van der Waals surface area contributed by atoms with Crippen molar-refractivity contribution in [3.63, 3.8) is 0 Å². The van der Waals surface area contributed by atoms with Crippen LogP contribution in [0.5, 0.6) is 0 Å². The van der Waals surface area contributed by atoms with Crippen LogP contribution in [0.2, 0.25) is 0 Å². The average Bonchev–Trinajstić information content (AvgIpc) is 3.31. The first-order valence-corrected chi connectivity index (χ1v) is 12.3. The molecule has 8 atom stereocenters. The summed E-state index contributed by atoms with van der Waals surface area (Å²) in [6.07, 6.45) is 13.4. The number of imidazole rings is 1. The lowest BCUT2D eigenvalue weighted by Gasteiger charge is -2.61. The van der Waals surface area contributed by atoms with E-state index in [1.54, 1.807) is 17.1 Å². The minimum Gasteiger partial charge on any atom is -0.390 e. The number of ketones is 1. The smallest absolute Gasteiger partial charge is 0.158 e. The zero-order valence-electron chi connectivity index (χ0n) is 19.3. The van der Waals surface area contributed by atoms with E-state index in [2.05, 4.69) is 18.8 Å². The molecule has 1 aromatic heterocycles. The number of nitriles is 1. The van der Waals surface area contributed by atoms with Crippen LogP contribution >= 0.6 is 0 Å². The van der Waals surface area contributed by atoms with Crippen molar-refractivity contribution in [1.82, 2.24) is 9.55 Å². The van der Waals surface area contributed by atoms with Crippen molar-refractivity contribution < 1.29 is 9.90 Å². The molecule has 1 N–H and O–H groups in total. The lowest BCUT2D eigenvalue weighted by atomic mass is 9.44. The third-order valence-corrected chi connectivity index (χ3v) is 10.4. The second-order valence-corrected chi connectivity index (χ2v) is 12.0. The quantitative estimate of drug-likeness (QED) is 0.762. The van der Waals surface area contributed by atoms with Gasteiger partial charge in [0.25, 0.3) is 0 Å². The van der Waals surface area contributed by atoms with Crippen LogP contribution in [0.1, 0.15) is 84.3 Å². The number of hydrogen-bond acceptors (Lipinski definition) is 4. The monoisotopic (exact) mass is 423 g/mol. The fourth-order valence-electron chi connectivity index (χ4n) is 8.75. The van der Waals surface area contributed by atoms with Crippen molar-refractivity contribution in [2.24, 2.45) is 40.4 Å². The number of rotatable bonds is 3. The molecule has 0 bridgehead atoms. The van der Waals surface area contributed by atoms with E-state index in [1.807, 2.05) is 13.0 Å². The Kier molecular flexibility index (Phi) is 4.90. The van der Waals surface area contributed by atoms with Gasteiger partial charge in [-0.1, -0.05) is 13.8 Å². The van der Waals surface area contributed by atoms with Crippen LogP contribution in [0, 0.1) is 51.8 Å². The van der Waals surface area contributed by atoms with Crippen LogP contribution in [0.15, 0.2) is 12.5 Å². The van der Waals surface area contributed by atoms with Gasteiger partial charge in [0.1, 0.15) is 6.07 Å². The molecule has 1 aromatic rings. The second kappa shape index (κ2) is 7.17. The molecular weight excluding hydrogens is 386 g/mol. The SMILES string of the molecule is CC12CC[C@@](C)(O)CC1CCC1C2CCC2(C)C(C(=O)Cn3cnc(C#N)c3)CCC12. The lowest BCUT2D eigenvalue weighted by Crippen LogP contribution is -2.55. The maximum Gasteiger partial charge on any atom is 0.158 e. The largest absolute Gasteiger partial charge is 0.390 e. The van der Waals surface area contributed by atoms with Crippen LogP contribution in [0.25, 0.3) is 0 Å². The van der Waals surface area contributed by atoms with Gasteiger partial charge in [-0.2, -0.15) is 5.26 Å². The molecule has 5 heteroatoms. The molecule has 0 aliphatic heterocycles. The molecule has 168 valence electrons. The highest BCUT2D eigenvalue weighted by atomic mass is 16.3. The Morgan fingerprint density at radius 3 is 2.65 bits per heavy atom. The molecule has 7 unspecified atom stereocenters. The Labute approximate surface area is 186 Å². The van der Waals surface area contributed by atoms with Crippen molar-refractivity contribution in [3.8, 4) is 6.07 Å². The first kappa shape index (κ1) is 21.2. The highest BCUT2D eigenvalue weighted by Gasteiger charge is 2.61. The summed E-state index contributed by atoms with van der Waals surface area (Å²) in [6, 6.07) is 2.05. The molecule has 4 saturated carbocycles. The molecule has 0 radical (unpaired) electrons. The van der Waals surface area contributed by atoms with Crippen LogP contribution in [0.3, 0.4) is 0 Å². The third kappa shape index (κ3) is 3.28. The van der Waals surface area contributed by atoms with Crippen molar-refractivity contribution in [2.75, 3.05) is 0 Å². The fourth-order valence-corrected chi connectivity index (χ4v) is 8.75. The summed E-state index contributed by atoms with van der Waals surface area (Å²) in [5.41, 5.74) is 0.364. The Morgan fingerprint density at radius 2 is 1.90 bits per heavy atom. The van der Waals surface area contributed by atoms with Gasteiger partial charge in [-0.3, -0.25) is 4.79 Å². The molecule has 0 aromatic carbocycles. The number of hydrogen-bond donors (Lipinski definition) is 1. The molecule has 0 amide bonds. The lowest BCUT2D eigenvalue weighted by molar-refractivity contribution is -0.151. The summed E-state index contributed by atoms with van der Waals surface area (Å²) in [7, 11) is 0. The summed E-state index contributed by atoms with van der Waals surface area (Å²) in [6.45, 7) is 7.29. The van der Waals surface area contributed by atoms with E-state index in [1.165, 1.54) is 25.7 Å². The average molecular weight is 424 g/mol. The van der Waals surface area contributed by atoms with Crippen LogP contribution in [0.4, 0.5) is 0 Å². The van der Waals surface area contributed by atoms with E-state index in [0.29, 0.717) is 35.3 Å². The molecule has 1 heterocycles. The number of aliphatic hydroxyl groups is 1. The Balaban J connectivity index is 1.34. The number of Topliss-reactive ketones (excluding diaryl/α,β-unsaturated/α-hetero) is 1. The van der Waals surface area contributed by atoms with E-state index < -0.39 is 5.60 Å². The van der Waals surface area contributed by atoms with Gasteiger partial charge in [-0.25, -0.2) is 4.98 Å². The number of aromatic nitrogens is 2. The van der Waals surface area contributed by atoms with Crippen molar-refractivity contribution in [1.29, 1.82) is 5.26 Å². The highest BCUT2D eigenvalue weighted by molar-refractivity contribution is 5.82. The van der Waals surface area contributed by atoms with Crippen molar-refractivity contribution in [3.05, 3.63) is 18.2 Å². The van der Waals surface area contributed by atoms with Gasteiger partial charge in [-0.15, -0.1) is 0 Å². The minimum absolute atomic E-state index is 0.111. The molecule has 4 fully saturated rings. The predicted molar refractivity (Wildman–Crippen MR) is 118 cm³/mol. The number of carbonyl (C=O) groups is 1. The fraction of sp³-hybridized carbons (Fsp3) is 0.808. The number of fused-ring (bicyclic) bond motifs is 5. The van der Waals surface area contributed by atoms with Gasteiger partial charge in [-0.05, 0) is 99.2 Å². The van der Waals surface area contributed by atoms with Gasteiger partial charge < -0.3 is 9.67 Å². The first-order chi connectivity index (χ1) is 14.7. The van der Waals surface area contributed by atoms with E-state index in [4.69, 9.17) is 5.26 Å². The standard InChI is InChI=1S/C26H37N3O2/c1-24(31)10-11-25(2)17(12-24)4-5-19-20-6-7-22(26(20,3)9-8-21(19)25)23(30)15-29-14-18(13-27)28-16-29/h14,16-17,19-22,31H,4-12,15H2,1-3H3/t17?,19?,20?,21?,22?,24-,25?,26?/m1/s1. The molecular formula is C26H37N3O2. The van der Waals surface area contributed by atoms with Crippen LogP contribution < -0.4 is 0 Å². The minimum atomic E-state index is -0.482. The molecule has 0 spiro atoms. The molecule has 31 heavy (non-hydrogen) atoms. The van der Waals surface area contributed by atoms with Crippen LogP contribution in [-0.2, 0) is 11.3 Å². The zero-order valence-corrected chi connectivity index (χ0v) is 19.3. The predicted octanol–water partition coefficient (Wildman–Crippen LogP) is 4.73. The Bertz CT molecular complexity index is 914. The topological polar surface area (TPSA) is 78.9 Å². The molecule has 4 aliphatic carbocycles. The van der Waals surface area contributed by atoms with Gasteiger partial charge >= 0.3 is 0 Å². The Morgan fingerprint density at radius 1 is 1.13 bits per heavy atom. The maximum atomic E-state index is 13.3. The normalized spacial score (nSPS) is 46.5. The molecule has 5 rings (SSSR count). The number of carbonyl (C=O) groups excluding carboxylic acids is 1. The van der Waals surface area contributed by atoms with Crippen LogP contribution in [-0.4, -0.2) is 26.0 Å². The van der Waals surface area contributed by atoms with Crippen molar-refractivity contribution >= 4 is 5.78 Å². The zero-order chi connectivity index (χ0) is 22.0. The van der Waals surface area contributed by atoms with E-state index in [0.717, 1.165) is 43.9 Å². The number of nitrogens with zero attached hydrogens (tertiary/aromatic N) is 3. The second-order valence-electron chi connectivity index (χ2n) is 12.0. The summed E-state index contributed by atoms with van der Waals surface area (Å²) in [4.78, 5) is 17.4.